The van der Waals surface area contributed by atoms with Crippen LogP contribution in [0.3, 0.4) is 0 Å². The van der Waals surface area contributed by atoms with Crippen LogP contribution in [0, 0.1) is 5.92 Å². The lowest BCUT2D eigenvalue weighted by molar-refractivity contribution is -0.0435. The molecule has 2 aliphatic rings. The predicted molar refractivity (Wildman–Crippen MR) is 257 cm³/mol. The van der Waals surface area contributed by atoms with E-state index < -0.39 is 58.9 Å². The van der Waals surface area contributed by atoms with Gasteiger partial charge in [0.05, 0.1) is 23.3 Å². The van der Waals surface area contributed by atoms with Crippen LogP contribution in [0.1, 0.15) is 41.3 Å². The third-order valence-corrected chi connectivity index (χ3v) is 16.5. The zero-order chi connectivity index (χ0) is 47.8. The normalized spacial score (nSPS) is 16.7. The van der Waals surface area contributed by atoms with E-state index in [2.05, 4.69) is 20.0 Å². The number of piperidine rings is 1. The molecule has 0 aliphatic carbocycles. The smallest absolute Gasteiger partial charge is 0.395 e. The average molecular weight is 1000 g/mol. The molecule has 2 saturated heterocycles. The van der Waals surface area contributed by atoms with Gasteiger partial charge in [-0.25, -0.2) is 21.6 Å². The Morgan fingerprint density at radius 1 is 0.791 bits per heavy atom. The highest BCUT2D eigenvalue weighted by Gasteiger charge is 2.48. The Morgan fingerprint density at radius 2 is 1.42 bits per heavy atom. The number of sulfonamides is 1. The molecular weight excluding hydrogens is 947 g/mol. The topological polar surface area (TPSA) is 160 Å². The van der Waals surface area contributed by atoms with Gasteiger partial charge in [0.2, 0.25) is 0 Å². The summed E-state index contributed by atoms with van der Waals surface area (Å²) < 4.78 is 98.0. The van der Waals surface area contributed by atoms with Gasteiger partial charge in [0, 0.05) is 85.3 Å². The second kappa shape index (κ2) is 22.2. The molecule has 5 aromatic carbocycles. The van der Waals surface area contributed by atoms with Gasteiger partial charge in [-0.15, -0.1) is 11.8 Å². The number of hydrogen-bond acceptors (Lipinski definition) is 12. The van der Waals surface area contributed by atoms with Crippen molar-refractivity contribution in [2.45, 2.75) is 51.6 Å². The first-order chi connectivity index (χ1) is 32.0. The van der Waals surface area contributed by atoms with Crippen LogP contribution in [0.15, 0.2) is 136 Å². The molecular formula is C48H53ClF3N5O7S3. The second-order valence-electron chi connectivity index (χ2n) is 16.6. The Kier molecular flexibility index (Phi) is 16.6. The molecule has 0 aromatic heterocycles. The standard InChI is InChI=1S/C48H53ClF3N5O7S3/c49-37-14-10-34(11-15-37)42-8-4-5-9-43(42)46(59)35-20-24-57(25-21-35)39-16-12-36(13-17-39)47(60)54-67(63,64)41-18-19-44(45(32-41)66(61,62)48(50,51)52)53-38(33-65-40-6-2-1-3-7-40)22-23-55-26-28-56(29-27-55)30-31-58/h1-19,32,35,38,46,53,58-59H,20-31,33H2,(H,54,60)/t38-,46?/m1/s1. The highest BCUT2D eigenvalue weighted by molar-refractivity contribution is 7.99. The van der Waals surface area contributed by atoms with Gasteiger partial charge in [-0.3, -0.25) is 9.69 Å². The zero-order valence-electron chi connectivity index (χ0n) is 36.5. The van der Waals surface area contributed by atoms with E-state index in [0.29, 0.717) is 75.4 Å². The minimum Gasteiger partial charge on any atom is -0.395 e. The van der Waals surface area contributed by atoms with Crippen molar-refractivity contribution >= 4 is 60.5 Å². The van der Waals surface area contributed by atoms with Crippen molar-refractivity contribution in [3.05, 3.63) is 137 Å². The first kappa shape index (κ1) is 50.2. The van der Waals surface area contributed by atoms with Crippen LogP contribution < -0.4 is 14.9 Å². The van der Waals surface area contributed by atoms with Crippen LogP contribution in [0.5, 0.6) is 0 Å². The quantitative estimate of drug-likeness (QED) is 0.0629. The first-order valence-corrected chi connectivity index (χ1v) is 26.3. The largest absolute Gasteiger partial charge is 0.501 e. The zero-order valence-corrected chi connectivity index (χ0v) is 39.7. The summed E-state index contributed by atoms with van der Waals surface area (Å²) >= 11 is 7.54. The number of amides is 1. The fourth-order valence-electron chi connectivity index (χ4n) is 8.42. The van der Waals surface area contributed by atoms with Gasteiger partial charge in [-0.05, 0) is 109 Å². The number of aliphatic hydroxyl groups excluding tert-OH is 2. The number of β-amino-alcohol motifs (C(OH)–C–C–N with tert-alkyl or cyclic N) is 1. The molecule has 2 atom stereocenters. The first-order valence-electron chi connectivity index (χ1n) is 21.9. The SMILES string of the molecule is O=C(NS(=O)(=O)c1ccc(N[C@H](CCN2CCN(CCO)CC2)CSc2ccccc2)c(S(=O)(=O)C(F)(F)F)c1)c1ccc(N2CCC(C(O)c3ccccc3-c3ccc(Cl)cc3)CC2)cc1. The van der Waals surface area contributed by atoms with Gasteiger partial charge in [-0.1, -0.05) is 66.2 Å². The van der Waals surface area contributed by atoms with Crippen LogP contribution in [0.2, 0.25) is 5.02 Å². The lowest BCUT2D eigenvalue weighted by Gasteiger charge is -2.36. The molecule has 19 heteroatoms. The molecule has 2 heterocycles. The van der Waals surface area contributed by atoms with Crippen molar-refractivity contribution in [2.24, 2.45) is 5.92 Å². The number of sulfone groups is 1. The summed E-state index contributed by atoms with van der Waals surface area (Å²) in [6, 6.07) is 32.5. The summed E-state index contributed by atoms with van der Waals surface area (Å²) in [5.74, 6) is -0.741. The summed E-state index contributed by atoms with van der Waals surface area (Å²) in [5.41, 5.74) is -2.77. The van der Waals surface area contributed by atoms with Crippen LogP contribution in [-0.4, -0.2) is 119 Å². The van der Waals surface area contributed by atoms with Crippen molar-refractivity contribution < 1.29 is 45.0 Å². The fraction of sp³-hybridized carbons (Fsp3) is 0.354. The maximum Gasteiger partial charge on any atom is 0.501 e. The molecule has 2 fully saturated rings. The van der Waals surface area contributed by atoms with Gasteiger partial charge in [0.25, 0.3) is 25.8 Å². The van der Waals surface area contributed by atoms with E-state index in [0.717, 1.165) is 52.5 Å². The number of nitrogens with one attached hydrogen (secondary N) is 2. The van der Waals surface area contributed by atoms with E-state index in [-0.39, 0.29) is 18.1 Å². The number of aliphatic hydroxyl groups is 2. The van der Waals surface area contributed by atoms with Crippen LogP contribution in [-0.2, 0) is 19.9 Å². The van der Waals surface area contributed by atoms with Gasteiger partial charge in [0.15, 0.2) is 0 Å². The van der Waals surface area contributed by atoms with E-state index in [1.807, 2.05) is 83.6 Å². The average Bonchev–Trinajstić information content (AvgIpc) is 3.33. The van der Waals surface area contributed by atoms with E-state index in [9.17, 15) is 45.0 Å². The highest BCUT2D eigenvalue weighted by atomic mass is 35.5. The van der Waals surface area contributed by atoms with E-state index in [1.165, 1.54) is 23.9 Å². The maximum absolute atomic E-state index is 14.2. The van der Waals surface area contributed by atoms with Gasteiger partial charge < -0.3 is 25.3 Å². The molecule has 0 bridgehead atoms. The molecule has 5 aromatic rings. The van der Waals surface area contributed by atoms with E-state index in [4.69, 9.17) is 11.6 Å². The summed E-state index contributed by atoms with van der Waals surface area (Å²) in [6.07, 6.45) is 1.06. The fourth-order valence-corrected chi connectivity index (χ4v) is 11.6. The van der Waals surface area contributed by atoms with Crippen LogP contribution in [0.4, 0.5) is 24.5 Å². The molecule has 0 spiro atoms. The molecule has 2 aliphatic heterocycles. The monoisotopic (exact) mass is 999 g/mol. The molecule has 12 nitrogen and oxygen atoms in total. The number of halogens is 4. The number of rotatable bonds is 18. The van der Waals surface area contributed by atoms with Crippen molar-refractivity contribution in [1.82, 2.24) is 14.5 Å². The number of alkyl halides is 3. The Morgan fingerprint density at radius 3 is 2.06 bits per heavy atom. The summed E-state index contributed by atoms with van der Waals surface area (Å²) in [6.45, 7) is 5.26. The van der Waals surface area contributed by atoms with Gasteiger partial charge in [0.1, 0.15) is 4.90 Å². The van der Waals surface area contributed by atoms with E-state index in [1.54, 1.807) is 12.1 Å². The Bertz CT molecular complexity index is 2670. The second-order valence-corrected chi connectivity index (χ2v) is 21.7. The van der Waals surface area contributed by atoms with E-state index >= 15 is 0 Å². The maximum atomic E-state index is 14.2. The number of thioether (sulfide) groups is 1. The Hall–Kier alpha value is -4.66. The third-order valence-electron chi connectivity index (χ3n) is 12.2. The molecule has 1 unspecified atom stereocenters. The Balaban J connectivity index is 1.02. The van der Waals surface area contributed by atoms with Crippen molar-refractivity contribution in [2.75, 3.05) is 74.9 Å². The lowest BCUT2D eigenvalue weighted by Crippen LogP contribution is -2.48. The molecule has 1 amide bonds. The number of carbonyl (C=O) groups excluding carboxylic acids is 1. The van der Waals surface area contributed by atoms with Gasteiger partial charge in [-0.2, -0.15) is 13.2 Å². The third kappa shape index (κ3) is 12.7. The van der Waals surface area contributed by atoms with Crippen molar-refractivity contribution in [1.29, 1.82) is 0 Å². The molecule has 358 valence electrons. The minimum absolute atomic E-state index is 0.0214. The molecule has 0 radical (unpaired) electrons. The van der Waals surface area contributed by atoms with Crippen LogP contribution in [0.25, 0.3) is 11.1 Å². The summed E-state index contributed by atoms with van der Waals surface area (Å²) in [5, 5.41) is 24.4. The van der Waals surface area contributed by atoms with Gasteiger partial charge >= 0.3 is 5.51 Å². The molecule has 67 heavy (non-hydrogen) atoms. The number of benzene rings is 5. The number of carbonyl (C=O) groups is 1. The molecule has 0 saturated carbocycles. The highest BCUT2D eigenvalue weighted by Crippen LogP contribution is 2.39. The molecule has 4 N–H and O–H groups in total. The number of nitrogens with zero attached hydrogens (tertiary/aromatic N) is 3. The Labute approximate surface area is 399 Å². The van der Waals surface area contributed by atoms with Crippen molar-refractivity contribution in [3.8, 4) is 11.1 Å². The van der Waals surface area contributed by atoms with Crippen LogP contribution >= 0.6 is 23.4 Å². The predicted octanol–water partition coefficient (Wildman–Crippen LogP) is 7.94. The lowest BCUT2D eigenvalue weighted by atomic mass is 9.84. The van der Waals surface area contributed by atoms with Crippen molar-refractivity contribution in [3.63, 3.8) is 0 Å². The summed E-state index contributed by atoms with van der Waals surface area (Å²) in [4.78, 5) is 18.5. The number of hydrogen-bond donors (Lipinski definition) is 4. The number of piperazine rings is 1. The molecule has 7 rings (SSSR count). The summed E-state index contributed by atoms with van der Waals surface area (Å²) in [7, 11) is -11.0. The number of anilines is 2. The minimum atomic E-state index is -6.09.